The molecule has 1 aromatic heterocycles. The van der Waals surface area contributed by atoms with Gasteiger partial charge in [-0.3, -0.25) is 4.79 Å². The monoisotopic (exact) mass is 303 g/mol. The quantitative estimate of drug-likeness (QED) is 0.845. The van der Waals surface area contributed by atoms with Crippen molar-refractivity contribution in [3.05, 3.63) is 29.8 Å². The largest absolute Gasteiger partial charge is 0.368 e. The Kier molecular flexibility index (Phi) is 3.59. The number of thioether (sulfide) groups is 1. The van der Waals surface area contributed by atoms with E-state index in [-0.39, 0.29) is 23.1 Å². The van der Waals surface area contributed by atoms with Gasteiger partial charge in [-0.05, 0) is 31.9 Å². The Morgan fingerprint density at radius 3 is 3.00 bits per heavy atom. The molecule has 1 aromatic carbocycles. The van der Waals surface area contributed by atoms with Gasteiger partial charge in [0, 0.05) is 11.7 Å². The lowest BCUT2D eigenvalue weighted by molar-refractivity contribution is -0.118. The van der Waals surface area contributed by atoms with Crippen molar-refractivity contribution < 1.29 is 4.79 Å². The summed E-state index contributed by atoms with van der Waals surface area (Å²) in [6.07, 6.45) is 0.896. The van der Waals surface area contributed by atoms with E-state index < -0.39 is 0 Å². The molecule has 7 heteroatoms. The molecule has 2 heterocycles. The third kappa shape index (κ3) is 2.61. The molecular weight excluding hydrogens is 286 g/mol. The Balaban J connectivity index is 1.78. The number of benzene rings is 1. The summed E-state index contributed by atoms with van der Waals surface area (Å²) >= 11 is 1.31. The SMILES string of the molecule is C[C@@H]1Cc2ccccc2N1C(=O)[C@@H](C)Sc1n[nH]c(N)n1. The fourth-order valence-corrected chi connectivity index (χ4v) is 3.40. The molecule has 0 spiro atoms. The number of nitrogens with one attached hydrogen (secondary N) is 1. The number of para-hydroxylation sites is 1. The van der Waals surface area contributed by atoms with Crippen LogP contribution in [0.1, 0.15) is 19.4 Å². The van der Waals surface area contributed by atoms with Crippen LogP contribution in [-0.4, -0.2) is 32.4 Å². The van der Waals surface area contributed by atoms with Crippen molar-refractivity contribution in [2.45, 2.75) is 36.7 Å². The number of aromatic nitrogens is 3. The molecule has 1 aliphatic heterocycles. The Hall–Kier alpha value is -2.02. The van der Waals surface area contributed by atoms with E-state index in [1.54, 1.807) is 0 Å². The number of amides is 1. The molecule has 3 N–H and O–H groups in total. The van der Waals surface area contributed by atoms with E-state index in [1.807, 2.05) is 30.0 Å². The molecule has 0 aliphatic carbocycles. The van der Waals surface area contributed by atoms with Crippen LogP contribution >= 0.6 is 11.8 Å². The molecule has 2 atom stereocenters. The molecule has 3 rings (SSSR count). The van der Waals surface area contributed by atoms with Gasteiger partial charge in [-0.15, -0.1) is 5.10 Å². The zero-order valence-corrected chi connectivity index (χ0v) is 12.7. The maximum Gasteiger partial charge on any atom is 0.240 e. The first-order valence-corrected chi connectivity index (χ1v) is 7.69. The zero-order valence-electron chi connectivity index (χ0n) is 11.9. The highest BCUT2D eigenvalue weighted by atomic mass is 32.2. The predicted octanol–water partition coefficient (Wildman–Crippen LogP) is 1.85. The van der Waals surface area contributed by atoms with Gasteiger partial charge in [0.2, 0.25) is 17.0 Å². The Morgan fingerprint density at radius 2 is 2.29 bits per heavy atom. The van der Waals surface area contributed by atoms with E-state index >= 15 is 0 Å². The summed E-state index contributed by atoms with van der Waals surface area (Å²) in [6, 6.07) is 8.22. The van der Waals surface area contributed by atoms with Crippen LogP contribution in [-0.2, 0) is 11.2 Å². The normalized spacial score (nSPS) is 18.6. The van der Waals surface area contributed by atoms with Crippen molar-refractivity contribution >= 4 is 29.3 Å². The molecule has 1 amide bonds. The van der Waals surface area contributed by atoms with E-state index in [1.165, 1.54) is 17.3 Å². The first-order chi connectivity index (χ1) is 10.1. The molecule has 6 nitrogen and oxygen atoms in total. The Labute approximate surface area is 127 Å². The number of aromatic amines is 1. The van der Waals surface area contributed by atoms with Crippen LogP contribution in [0.5, 0.6) is 0 Å². The number of nitrogens with zero attached hydrogens (tertiary/aromatic N) is 3. The average molecular weight is 303 g/mol. The first kappa shape index (κ1) is 13.9. The second-order valence-corrected chi connectivity index (χ2v) is 6.46. The van der Waals surface area contributed by atoms with Gasteiger partial charge >= 0.3 is 0 Å². The van der Waals surface area contributed by atoms with E-state index in [0.29, 0.717) is 5.16 Å². The maximum atomic E-state index is 12.7. The summed E-state index contributed by atoms with van der Waals surface area (Å²) < 4.78 is 0. The number of nitrogens with two attached hydrogens (primary N) is 1. The van der Waals surface area contributed by atoms with Crippen molar-refractivity contribution in [3.63, 3.8) is 0 Å². The highest BCUT2D eigenvalue weighted by Gasteiger charge is 2.33. The highest BCUT2D eigenvalue weighted by molar-refractivity contribution is 8.00. The lowest BCUT2D eigenvalue weighted by Crippen LogP contribution is -2.40. The summed E-state index contributed by atoms with van der Waals surface area (Å²) in [5, 5.41) is 6.76. The van der Waals surface area contributed by atoms with Crippen LogP contribution in [0.4, 0.5) is 11.6 Å². The summed E-state index contributed by atoms with van der Waals surface area (Å²) in [7, 11) is 0. The van der Waals surface area contributed by atoms with Crippen molar-refractivity contribution in [1.29, 1.82) is 0 Å². The Morgan fingerprint density at radius 1 is 1.52 bits per heavy atom. The average Bonchev–Trinajstić information content (AvgIpc) is 3.00. The van der Waals surface area contributed by atoms with Gasteiger partial charge in [0.1, 0.15) is 0 Å². The minimum absolute atomic E-state index is 0.0702. The van der Waals surface area contributed by atoms with Gasteiger partial charge in [0.15, 0.2) is 0 Å². The number of anilines is 2. The molecule has 2 aromatic rings. The van der Waals surface area contributed by atoms with Crippen molar-refractivity contribution in [3.8, 4) is 0 Å². The van der Waals surface area contributed by atoms with Gasteiger partial charge in [-0.25, -0.2) is 5.10 Å². The fraction of sp³-hybridized carbons (Fsp3) is 0.357. The molecule has 110 valence electrons. The Bertz CT molecular complexity index is 671. The van der Waals surface area contributed by atoms with Crippen LogP contribution in [0.15, 0.2) is 29.4 Å². The van der Waals surface area contributed by atoms with Gasteiger partial charge in [-0.2, -0.15) is 4.98 Å². The van der Waals surface area contributed by atoms with E-state index in [0.717, 1.165) is 12.1 Å². The topological polar surface area (TPSA) is 87.9 Å². The number of H-pyrrole nitrogens is 1. The first-order valence-electron chi connectivity index (χ1n) is 6.81. The summed E-state index contributed by atoms with van der Waals surface area (Å²) in [6.45, 7) is 3.94. The number of rotatable bonds is 3. The molecule has 0 radical (unpaired) electrons. The number of carbonyl (C=O) groups is 1. The lowest BCUT2D eigenvalue weighted by atomic mass is 10.1. The summed E-state index contributed by atoms with van der Waals surface area (Å²) in [5.74, 6) is 0.331. The smallest absolute Gasteiger partial charge is 0.240 e. The summed E-state index contributed by atoms with van der Waals surface area (Å²) in [4.78, 5) is 18.6. The van der Waals surface area contributed by atoms with E-state index in [2.05, 4.69) is 28.2 Å². The van der Waals surface area contributed by atoms with Crippen LogP contribution in [0, 0.1) is 0 Å². The second-order valence-electron chi connectivity index (χ2n) is 5.15. The number of nitrogen functional groups attached to an aromatic ring is 1. The van der Waals surface area contributed by atoms with Crippen molar-refractivity contribution in [2.75, 3.05) is 10.6 Å². The van der Waals surface area contributed by atoms with Gasteiger partial charge in [0.25, 0.3) is 0 Å². The van der Waals surface area contributed by atoms with Crippen molar-refractivity contribution in [2.24, 2.45) is 0 Å². The maximum absolute atomic E-state index is 12.7. The number of fused-ring (bicyclic) bond motifs is 1. The van der Waals surface area contributed by atoms with Gasteiger partial charge in [0.05, 0.1) is 5.25 Å². The van der Waals surface area contributed by atoms with Crippen LogP contribution < -0.4 is 10.6 Å². The van der Waals surface area contributed by atoms with Gasteiger partial charge < -0.3 is 10.6 Å². The van der Waals surface area contributed by atoms with Crippen LogP contribution in [0.25, 0.3) is 0 Å². The van der Waals surface area contributed by atoms with Crippen LogP contribution in [0.2, 0.25) is 0 Å². The molecule has 0 fully saturated rings. The zero-order chi connectivity index (χ0) is 15.0. The standard InChI is InChI=1S/C14H17N5OS/c1-8-7-10-5-3-4-6-11(10)19(8)12(20)9(2)21-14-16-13(15)17-18-14/h3-6,8-9H,7H2,1-2H3,(H3,15,16,17,18)/t8-,9-/m1/s1. The molecular formula is C14H17N5OS. The third-order valence-electron chi connectivity index (χ3n) is 3.56. The number of carbonyl (C=O) groups excluding carboxylic acids is 1. The molecule has 21 heavy (non-hydrogen) atoms. The van der Waals surface area contributed by atoms with Crippen molar-refractivity contribution in [1.82, 2.24) is 15.2 Å². The van der Waals surface area contributed by atoms with Crippen LogP contribution in [0.3, 0.4) is 0 Å². The summed E-state index contributed by atoms with van der Waals surface area (Å²) in [5.41, 5.74) is 7.73. The molecule has 1 aliphatic rings. The molecule has 0 bridgehead atoms. The predicted molar refractivity (Wildman–Crippen MR) is 83.2 cm³/mol. The number of hydrogen-bond donors (Lipinski definition) is 2. The molecule has 0 unspecified atom stereocenters. The molecule has 0 saturated carbocycles. The van der Waals surface area contributed by atoms with Gasteiger partial charge in [-0.1, -0.05) is 30.0 Å². The minimum Gasteiger partial charge on any atom is -0.368 e. The van der Waals surface area contributed by atoms with E-state index in [4.69, 9.17) is 5.73 Å². The third-order valence-corrected chi connectivity index (χ3v) is 4.51. The second kappa shape index (κ2) is 5.40. The lowest BCUT2D eigenvalue weighted by Gasteiger charge is -2.25. The highest BCUT2D eigenvalue weighted by Crippen LogP contribution is 2.34. The molecule has 0 saturated heterocycles. The minimum atomic E-state index is -0.270. The fourth-order valence-electron chi connectivity index (χ4n) is 2.62. The van der Waals surface area contributed by atoms with E-state index in [9.17, 15) is 4.79 Å². The number of hydrogen-bond acceptors (Lipinski definition) is 5.